The van der Waals surface area contributed by atoms with Crippen LogP contribution in [0.25, 0.3) is 0 Å². The topological polar surface area (TPSA) is 58.6 Å². The standard InChI is InChI=1S/C17H23NO3/c1-3-21-12-6-8-17(20)18-16-13-15(7-4-5-11-19)10-9-14(16)2/h9-10,13,19H,3,5-6,8,11-12H2,1-2H3,(H,18,20). The predicted octanol–water partition coefficient (Wildman–Crippen LogP) is 2.48. The second-order valence-electron chi connectivity index (χ2n) is 4.65. The minimum absolute atomic E-state index is 0.0155. The van der Waals surface area contributed by atoms with Gasteiger partial charge in [-0.3, -0.25) is 4.79 Å². The molecule has 0 aliphatic rings. The first-order valence-corrected chi connectivity index (χ1v) is 7.25. The summed E-state index contributed by atoms with van der Waals surface area (Å²) in [6.45, 7) is 5.22. The largest absolute Gasteiger partial charge is 0.395 e. The van der Waals surface area contributed by atoms with Crippen molar-refractivity contribution in [3.63, 3.8) is 0 Å². The van der Waals surface area contributed by atoms with E-state index in [-0.39, 0.29) is 12.5 Å². The molecule has 21 heavy (non-hydrogen) atoms. The maximum atomic E-state index is 11.9. The van der Waals surface area contributed by atoms with E-state index in [2.05, 4.69) is 17.2 Å². The van der Waals surface area contributed by atoms with Crippen LogP contribution in [0.1, 0.15) is 37.3 Å². The number of aryl methyl sites for hydroxylation is 1. The van der Waals surface area contributed by atoms with Gasteiger partial charge in [-0.05, 0) is 38.0 Å². The normalized spacial score (nSPS) is 9.86. The van der Waals surface area contributed by atoms with E-state index in [4.69, 9.17) is 9.84 Å². The van der Waals surface area contributed by atoms with E-state index in [0.29, 0.717) is 32.5 Å². The SMILES string of the molecule is CCOCCCC(=O)Nc1cc(C#CCCO)ccc1C. The Bertz CT molecular complexity index is 515. The number of carbonyl (C=O) groups is 1. The van der Waals surface area contributed by atoms with Gasteiger partial charge in [-0.2, -0.15) is 0 Å². The number of carbonyl (C=O) groups excluding carboxylic acids is 1. The molecule has 0 unspecified atom stereocenters. The van der Waals surface area contributed by atoms with Gasteiger partial charge in [-0.15, -0.1) is 0 Å². The van der Waals surface area contributed by atoms with Crippen LogP contribution in [-0.2, 0) is 9.53 Å². The molecule has 1 aromatic rings. The highest BCUT2D eigenvalue weighted by atomic mass is 16.5. The van der Waals surface area contributed by atoms with Crippen molar-refractivity contribution in [1.29, 1.82) is 0 Å². The van der Waals surface area contributed by atoms with E-state index in [1.165, 1.54) is 0 Å². The molecular weight excluding hydrogens is 266 g/mol. The van der Waals surface area contributed by atoms with E-state index in [1.807, 2.05) is 32.0 Å². The van der Waals surface area contributed by atoms with Crippen LogP contribution in [0.3, 0.4) is 0 Å². The van der Waals surface area contributed by atoms with Gasteiger partial charge in [0.05, 0.1) is 6.61 Å². The van der Waals surface area contributed by atoms with Gasteiger partial charge in [-0.1, -0.05) is 17.9 Å². The van der Waals surface area contributed by atoms with Crippen LogP contribution < -0.4 is 5.32 Å². The molecule has 0 spiro atoms. The fraction of sp³-hybridized carbons (Fsp3) is 0.471. The lowest BCUT2D eigenvalue weighted by atomic mass is 10.1. The van der Waals surface area contributed by atoms with Crippen LogP contribution in [0, 0.1) is 18.8 Å². The molecule has 4 nitrogen and oxygen atoms in total. The Morgan fingerprint density at radius 1 is 1.43 bits per heavy atom. The lowest BCUT2D eigenvalue weighted by Crippen LogP contribution is -2.13. The third-order valence-electron chi connectivity index (χ3n) is 2.88. The smallest absolute Gasteiger partial charge is 0.224 e. The lowest BCUT2D eigenvalue weighted by molar-refractivity contribution is -0.116. The van der Waals surface area contributed by atoms with Gasteiger partial charge >= 0.3 is 0 Å². The molecule has 1 rings (SSSR count). The van der Waals surface area contributed by atoms with Gasteiger partial charge in [0.2, 0.25) is 5.91 Å². The summed E-state index contributed by atoms with van der Waals surface area (Å²) in [6.07, 6.45) is 1.61. The van der Waals surface area contributed by atoms with Crippen LogP contribution in [0.5, 0.6) is 0 Å². The predicted molar refractivity (Wildman–Crippen MR) is 84.1 cm³/mol. The number of aliphatic hydroxyl groups is 1. The Balaban J connectivity index is 2.59. The Morgan fingerprint density at radius 2 is 2.24 bits per heavy atom. The average molecular weight is 289 g/mol. The maximum Gasteiger partial charge on any atom is 0.224 e. The Labute approximate surface area is 126 Å². The van der Waals surface area contributed by atoms with Crippen molar-refractivity contribution in [3.05, 3.63) is 29.3 Å². The zero-order valence-corrected chi connectivity index (χ0v) is 12.7. The van der Waals surface area contributed by atoms with Crippen molar-refractivity contribution in [1.82, 2.24) is 0 Å². The molecule has 0 atom stereocenters. The Hall–Kier alpha value is -1.83. The van der Waals surface area contributed by atoms with Crippen LogP contribution >= 0.6 is 0 Å². The van der Waals surface area contributed by atoms with Crippen molar-refractivity contribution < 1.29 is 14.6 Å². The summed E-state index contributed by atoms with van der Waals surface area (Å²) in [4.78, 5) is 11.9. The van der Waals surface area contributed by atoms with E-state index >= 15 is 0 Å². The third-order valence-corrected chi connectivity index (χ3v) is 2.88. The molecule has 0 radical (unpaired) electrons. The lowest BCUT2D eigenvalue weighted by Gasteiger charge is -2.09. The van der Waals surface area contributed by atoms with Gasteiger partial charge in [0.1, 0.15) is 0 Å². The van der Waals surface area contributed by atoms with Crippen LogP contribution in [0.2, 0.25) is 0 Å². The molecule has 0 saturated carbocycles. The number of rotatable bonds is 7. The first-order valence-electron chi connectivity index (χ1n) is 7.25. The first-order chi connectivity index (χ1) is 10.2. The molecule has 4 heteroatoms. The molecule has 0 aliphatic heterocycles. The molecular formula is C17H23NO3. The van der Waals surface area contributed by atoms with Gasteiger partial charge < -0.3 is 15.2 Å². The van der Waals surface area contributed by atoms with Gasteiger partial charge in [-0.25, -0.2) is 0 Å². The molecule has 114 valence electrons. The number of ether oxygens (including phenoxy) is 1. The zero-order chi connectivity index (χ0) is 15.5. The van der Waals surface area contributed by atoms with Crippen molar-refractivity contribution in [2.45, 2.75) is 33.1 Å². The van der Waals surface area contributed by atoms with Crippen molar-refractivity contribution in [2.24, 2.45) is 0 Å². The van der Waals surface area contributed by atoms with E-state index < -0.39 is 0 Å². The van der Waals surface area contributed by atoms with Gasteiger partial charge in [0.15, 0.2) is 0 Å². The number of benzene rings is 1. The summed E-state index contributed by atoms with van der Waals surface area (Å²) in [5, 5.41) is 11.6. The Kier molecular flexibility index (Phi) is 8.18. The number of aliphatic hydroxyl groups excluding tert-OH is 1. The van der Waals surface area contributed by atoms with Crippen LogP contribution in [0.4, 0.5) is 5.69 Å². The summed E-state index contributed by atoms with van der Waals surface area (Å²) in [7, 11) is 0. The number of hydrogen-bond acceptors (Lipinski definition) is 3. The minimum atomic E-state index is -0.0155. The molecule has 2 N–H and O–H groups in total. The molecule has 0 fully saturated rings. The highest BCUT2D eigenvalue weighted by Crippen LogP contribution is 2.17. The van der Waals surface area contributed by atoms with Crippen LogP contribution in [0.15, 0.2) is 18.2 Å². The van der Waals surface area contributed by atoms with Crippen molar-refractivity contribution >= 4 is 11.6 Å². The summed E-state index contributed by atoms with van der Waals surface area (Å²) >= 11 is 0. The monoisotopic (exact) mass is 289 g/mol. The molecule has 0 heterocycles. The van der Waals surface area contributed by atoms with Crippen molar-refractivity contribution in [2.75, 3.05) is 25.1 Å². The zero-order valence-electron chi connectivity index (χ0n) is 12.7. The molecule has 1 amide bonds. The van der Waals surface area contributed by atoms with Gasteiger partial charge in [0, 0.05) is 37.3 Å². The minimum Gasteiger partial charge on any atom is -0.395 e. The van der Waals surface area contributed by atoms with E-state index in [0.717, 1.165) is 16.8 Å². The molecule has 0 aromatic heterocycles. The second kappa shape index (κ2) is 9.98. The average Bonchev–Trinajstić information content (AvgIpc) is 2.47. The molecule has 1 aromatic carbocycles. The highest BCUT2D eigenvalue weighted by Gasteiger charge is 2.05. The first kappa shape index (κ1) is 17.2. The van der Waals surface area contributed by atoms with E-state index in [9.17, 15) is 4.79 Å². The summed E-state index contributed by atoms with van der Waals surface area (Å²) in [5.41, 5.74) is 2.62. The number of hydrogen-bond donors (Lipinski definition) is 2. The number of amides is 1. The molecule has 0 bridgehead atoms. The summed E-state index contributed by atoms with van der Waals surface area (Å²) in [5.74, 6) is 5.82. The van der Waals surface area contributed by atoms with Crippen molar-refractivity contribution in [3.8, 4) is 11.8 Å². The fourth-order valence-corrected chi connectivity index (χ4v) is 1.75. The van der Waals surface area contributed by atoms with Crippen LogP contribution in [-0.4, -0.2) is 30.8 Å². The summed E-state index contributed by atoms with van der Waals surface area (Å²) in [6, 6.07) is 5.70. The second-order valence-corrected chi connectivity index (χ2v) is 4.65. The quantitative estimate of drug-likeness (QED) is 0.599. The fourth-order valence-electron chi connectivity index (χ4n) is 1.75. The molecule has 0 aliphatic carbocycles. The number of anilines is 1. The summed E-state index contributed by atoms with van der Waals surface area (Å²) < 4.78 is 5.21. The number of nitrogens with one attached hydrogen (secondary N) is 1. The Morgan fingerprint density at radius 3 is 2.95 bits per heavy atom. The molecule has 0 saturated heterocycles. The maximum absolute atomic E-state index is 11.9. The third kappa shape index (κ3) is 6.94. The van der Waals surface area contributed by atoms with E-state index in [1.54, 1.807) is 0 Å². The highest BCUT2D eigenvalue weighted by molar-refractivity contribution is 5.91. The van der Waals surface area contributed by atoms with Gasteiger partial charge in [0.25, 0.3) is 0 Å².